The fourth-order valence-corrected chi connectivity index (χ4v) is 1.96. The van der Waals surface area contributed by atoms with Crippen molar-refractivity contribution in [2.75, 3.05) is 13.7 Å². The summed E-state index contributed by atoms with van der Waals surface area (Å²) in [6.45, 7) is 2.34. The van der Waals surface area contributed by atoms with Gasteiger partial charge in [-0.3, -0.25) is 0 Å². The summed E-state index contributed by atoms with van der Waals surface area (Å²) in [5.74, 6) is 6.90. The average Bonchev–Trinajstić information content (AvgIpc) is 2.51. The van der Waals surface area contributed by atoms with Gasteiger partial charge < -0.3 is 14.6 Å². The number of aliphatic hydroxyl groups excluding tert-OH is 1. The highest BCUT2D eigenvalue weighted by Gasteiger charge is 2.04. The molecule has 0 unspecified atom stereocenters. The predicted molar refractivity (Wildman–Crippen MR) is 82.5 cm³/mol. The van der Waals surface area contributed by atoms with Gasteiger partial charge in [-0.25, -0.2) is 0 Å². The fourth-order valence-electron chi connectivity index (χ4n) is 1.96. The van der Waals surface area contributed by atoms with Gasteiger partial charge in [0.2, 0.25) is 0 Å². The van der Waals surface area contributed by atoms with Crippen LogP contribution in [-0.2, 0) is 6.61 Å². The Morgan fingerprint density at radius 2 is 2.00 bits per heavy atom. The zero-order valence-electron chi connectivity index (χ0n) is 12.2. The van der Waals surface area contributed by atoms with Crippen LogP contribution in [-0.4, -0.2) is 18.8 Å². The van der Waals surface area contributed by atoms with E-state index in [-0.39, 0.29) is 6.61 Å². The highest BCUT2D eigenvalue weighted by atomic mass is 16.5. The molecule has 0 bridgehead atoms. The Bertz CT molecular complexity index is 666. The minimum atomic E-state index is -0.186. The molecule has 0 saturated carbocycles. The van der Waals surface area contributed by atoms with Gasteiger partial charge in [0.05, 0.1) is 12.7 Å². The lowest BCUT2D eigenvalue weighted by atomic mass is 10.1. The van der Waals surface area contributed by atoms with Crippen molar-refractivity contribution in [1.82, 2.24) is 0 Å². The Hall–Kier alpha value is -2.44. The summed E-state index contributed by atoms with van der Waals surface area (Å²) in [6, 6.07) is 13.6. The first-order valence-electron chi connectivity index (χ1n) is 6.69. The lowest BCUT2D eigenvalue weighted by Crippen LogP contribution is -1.98. The first-order chi connectivity index (χ1) is 10.2. The van der Waals surface area contributed by atoms with E-state index in [0.717, 1.165) is 5.56 Å². The molecule has 0 heterocycles. The second-order valence-electron chi connectivity index (χ2n) is 4.60. The van der Waals surface area contributed by atoms with Gasteiger partial charge in [-0.05, 0) is 30.7 Å². The van der Waals surface area contributed by atoms with Crippen molar-refractivity contribution in [3.63, 3.8) is 0 Å². The minimum Gasteiger partial charge on any atom is -0.497 e. The standard InChI is InChI=1S/C18H18O3/c1-14-5-3-6-15(11-14)13-21-18-9-8-17(20-2)12-16(18)7-4-10-19/h3,5-6,8-9,11-12,19H,10,13H2,1-2H3. The summed E-state index contributed by atoms with van der Waals surface area (Å²) in [5.41, 5.74) is 3.01. The maximum atomic E-state index is 8.84. The van der Waals surface area contributed by atoms with Crippen LogP contribution in [0.4, 0.5) is 0 Å². The zero-order valence-corrected chi connectivity index (χ0v) is 12.2. The van der Waals surface area contributed by atoms with E-state index in [4.69, 9.17) is 14.6 Å². The quantitative estimate of drug-likeness (QED) is 0.876. The van der Waals surface area contributed by atoms with Crippen molar-refractivity contribution >= 4 is 0 Å². The van der Waals surface area contributed by atoms with Crippen LogP contribution in [0.15, 0.2) is 42.5 Å². The number of hydrogen-bond acceptors (Lipinski definition) is 3. The van der Waals surface area contributed by atoms with Crippen LogP contribution in [0.5, 0.6) is 11.5 Å². The van der Waals surface area contributed by atoms with Crippen LogP contribution in [0.2, 0.25) is 0 Å². The van der Waals surface area contributed by atoms with Crippen LogP contribution < -0.4 is 9.47 Å². The van der Waals surface area contributed by atoms with Gasteiger partial charge >= 0.3 is 0 Å². The van der Waals surface area contributed by atoms with Crippen LogP contribution in [0.1, 0.15) is 16.7 Å². The number of aliphatic hydroxyl groups is 1. The molecule has 0 aromatic heterocycles. The molecular weight excluding hydrogens is 264 g/mol. The summed E-state index contributed by atoms with van der Waals surface area (Å²) >= 11 is 0. The molecule has 2 aromatic carbocycles. The van der Waals surface area contributed by atoms with E-state index in [9.17, 15) is 0 Å². The largest absolute Gasteiger partial charge is 0.497 e. The van der Waals surface area contributed by atoms with Gasteiger partial charge in [0, 0.05) is 0 Å². The number of benzene rings is 2. The molecule has 0 saturated heterocycles. The second kappa shape index (κ2) is 7.37. The van der Waals surface area contributed by atoms with E-state index in [1.54, 1.807) is 13.2 Å². The smallest absolute Gasteiger partial charge is 0.135 e. The van der Waals surface area contributed by atoms with E-state index in [0.29, 0.717) is 23.7 Å². The molecule has 3 heteroatoms. The lowest BCUT2D eigenvalue weighted by Gasteiger charge is -2.10. The lowest BCUT2D eigenvalue weighted by molar-refractivity contribution is 0.304. The average molecular weight is 282 g/mol. The molecule has 0 aliphatic carbocycles. The molecule has 2 rings (SSSR count). The summed E-state index contributed by atoms with van der Waals surface area (Å²) in [7, 11) is 1.60. The van der Waals surface area contributed by atoms with Crippen molar-refractivity contribution in [1.29, 1.82) is 0 Å². The summed E-state index contributed by atoms with van der Waals surface area (Å²) in [5, 5.41) is 8.84. The number of rotatable bonds is 4. The molecule has 2 aromatic rings. The van der Waals surface area contributed by atoms with Gasteiger partial charge in [-0.1, -0.05) is 41.7 Å². The maximum Gasteiger partial charge on any atom is 0.135 e. The Balaban J connectivity index is 2.18. The number of aryl methyl sites for hydroxylation is 1. The van der Waals surface area contributed by atoms with Gasteiger partial charge in [-0.2, -0.15) is 0 Å². The SMILES string of the molecule is COc1ccc(OCc2cccc(C)c2)c(C#CCO)c1. The number of hydrogen-bond donors (Lipinski definition) is 1. The molecule has 0 atom stereocenters. The third-order valence-corrected chi connectivity index (χ3v) is 2.97. The van der Waals surface area contributed by atoms with Crippen molar-refractivity contribution < 1.29 is 14.6 Å². The topological polar surface area (TPSA) is 38.7 Å². The Morgan fingerprint density at radius 3 is 2.71 bits per heavy atom. The summed E-state index contributed by atoms with van der Waals surface area (Å²) in [6.07, 6.45) is 0. The Morgan fingerprint density at radius 1 is 1.14 bits per heavy atom. The minimum absolute atomic E-state index is 0.186. The molecule has 0 aliphatic heterocycles. The molecule has 0 fully saturated rings. The van der Waals surface area contributed by atoms with E-state index in [1.165, 1.54) is 5.56 Å². The zero-order chi connectivity index (χ0) is 15.1. The molecular formula is C18H18O3. The molecule has 0 spiro atoms. The normalized spacial score (nSPS) is 9.67. The van der Waals surface area contributed by atoms with Crippen molar-refractivity contribution in [2.24, 2.45) is 0 Å². The summed E-state index contributed by atoms with van der Waals surface area (Å²) in [4.78, 5) is 0. The molecule has 21 heavy (non-hydrogen) atoms. The van der Waals surface area contributed by atoms with E-state index in [1.807, 2.05) is 24.3 Å². The van der Waals surface area contributed by atoms with Crippen LogP contribution in [0.25, 0.3) is 0 Å². The maximum absolute atomic E-state index is 8.84. The highest BCUT2D eigenvalue weighted by Crippen LogP contribution is 2.24. The van der Waals surface area contributed by atoms with Crippen LogP contribution >= 0.6 is 0 Å². The van der Waals surface area contributed by atoms with Gasteiger partial charge in [0.25, 0.3) is 0 Å². The molecule has 0 amide bonds. The van der Waals surface area contributed by atoms with E-state index < -0.39 is 0 Å². The van der Waals surface area contributed by atoms with Crippen molar-refractivity contribution in [3.05, 3.63) is 59.2 Å². The first-order valence-corrected chi connectivity index (χ1v) is 6.69. The number of methoxy groups -OCH3 is 1. The molecule has 3 nitrogen and oxygen atoms in total. The molecule has 1 N–H and O–H groups in total. The molecule has 0 aliphatic rings. The Kier molecular flexibility index (Phi) is 5.25. The van der Waals surface area contributed by atoms with Crippen LogP contribution in [0.3, 0.4) is 0 Å². The Labute approximate surface area is 125 Å². The monoisotopic (exact) mass is 282 g/mol. The van der Waals surface area contributed by atoms with Crippen molar-refractivity contribution in [2.45, 2.75) is 13.5 Å². The third kappa shape index (κ3) is 4.27. The first kappa shape index (κ1) is 15.0. The predicted octanol–water partition coefficient (Wildman–Crippen LogP) is 2.93. The molecule has 0 radical (unpaired) electrons. The van der Waals surface area contributed by atoms with Gasteiger partial charge in [0.1, 0.15) is 24.7 Å². The van der Waals surface area contributed by atoms with Gasteiger partial charge in [0.15, 0.2) is 0 Å². The second-order valence-corrected chi connectivity index (χ2v) is 4.60. The van der Waals surface area contributed by atoms with Gasteiger partial charge in [-0.15, -0.1) is 0 Å². The number of ether oxygens (including phenoxy) is 2. The summed E-state index contributed by atoms with van der Waals surface area (Å²) < 4.78 is 11.0. The fraction of sp³-hybridized carbons (Fsp3) is 0.222. The van der Waals surface area contributed by atoms with Crippen molar-refractivity contribution in [3.8, 4) is 23.3 Å². The molecule has 108 valence electrons. The van der Waals surface area contributed by atoms with E-state index >= 15 is 0 Å². The highest BCUT2D eigenvalue weighted by molar-refractivity contribution is 5.50. The van der Waals surface area contributed by atoms with Crippen LogP contribution in [0, 0.1) is 18.8 Å². The van der Waals surface area contributed by atoms with E-state index in [2.05, 4.69) is 30.9 Å². The third-order valence-electron chi connectivity index (χ3n) is 2.97.